The van der Waals surface area contributed by atoms with Crippen LogP contribution in [0.15, 0.2) is 32.0 Å². The molecule has 18 heavy (non-hydrogen) atoms. The molecular formula is C11H11Br2N3O2. The minimum atomic E-state index is 0.213. The monoisotopic (exact) mass is 375 g/mol. The number of aromatic nitrogens is 2. The largest absolute Gasteiger partial charge is 0.506 e. The van der Waals surface area contributed by atoms with Gasteiger partial charge >= 0.3 is 0 Å². The molecule has 0 aliphatic heterocycles. The summed E-state index contributed by atoms with van der Waals surface area (Å²) >= 11 is 6.59. The van der Waals surface area contributed by atoms with Gasteiger partial charge in [0.2, 0.25) is 6.39 Å². The second kappa shape index (κ2) is 6.31. The van der Waals surface area contributed by atoms with Crippen LogP contribution in [-0.4, -0.2) is 21.8 Å². The van der Waals surface area contributed by atoms with E-state index in [1.165, 1.54) is 6.39 Å². The fraction of sp³-hybridized carbons (Fsp3) is 0.273. The van der Waals surface area contributed by atoms with E-state index in [-0.39, 0.29) is 5.75 Å². The van der Waals surface area contributed by atoms with E-state index in [1.54, 1.807) is 0 Å². The summed E-state index contributed by atoms with van der Waals surface area (Å²) in [5.74, 6) is 0.904. The lowest BCUT2D eigenvalue weighted by Gasteiger charge is -2.07. The van der Waals surface area contributed by atoms with Gasteiger partial charge in [-0.05, 0) is 49.6 Å². The first kappa shape index (κ1) is 13.5. The Bertz CT molecular complexity index is 494. The van der Waals surface area contributed by atoms with E-state index in [0.29, 0.717) is 21.3 Å². The van der Waals surface area contributed by atoms with Crippen LogP contribution < -0.4 is 5.32 Å². The quantitative estimate of drug-likeness (QED) is 0.785. The van der Waals surface area contributed by atoms with Crippen molar-refractivity contribution in [3.05, 3.63) is 38.9 Å². The number of hydrogen-bond donors (Lipinski definition) is 2. The maximum atomic E-state index is 9.59. The third kappa shape index (κ3) is 3.54. The summed E-state index contributed by atoms with van der Waals surface area (Å²) in [5.41, 5.74) is 1.07. The summed E-state index contributed by atoms with van der Waals surface area (Å²) in [5, 5.41) is 16.6. The third-order valence-corrected chi connectivity index (χ3v) is 3.55. The van der Waals surface area contributed by atoms with Gasteiger partial charge in [-0.15, -0.1) is 0 Å². The lowest BCUT2D eigenvalue weighted by atomic mass is 10.2. The van der Waals surface area contributed by atoms with E-state index in [9.17, 15) is 5.11 Å². The van der Waals surface area contributed by atoms with Crippen LogP contribution in [0.4, 0.5) is 0 Å². The summed E-state index contributed by atoms with van der Waals surface area (Å²) < 4.78 is 5.99. The molecule has 0 unspecified atom stereocenters. The molecule has 0 spiro atoms. The first-order valence-electron chi connectivity index (χ1n) is 5.29. The highest BCUT2D eigenvalue weighted by molar-refractivity contribution is 9.11. The van der Waals surface area contributed by atoms with Gasteiger partial charge in [-0.25, -0.2) is 0 Å². The van der Waals surface area contributed by atoms with Crippen molar-refractivity contribution < 1.29 is 9.63 Å². The van der Waals surface area contributed by atoms with Gasteiger partial charge in [0.05, 0.1) is 8.95 Å². The van der Waals surface area contributed by atoms with Crippen LogP contribution in [-0.2, 0) is 13.0 Å². The zero-order valence-electron chi connectivity index (χ0n) is 9.36. The molecule has 0 radical (unpaired) electrons. The minimum absolute atomic E-state index is 0.213. The Kier molecular flexibility index (Phi) is 4.73. The van der Waals surface area contributed by atoms with E-state index in [1.807, 2.05) is 12.1 Å². The van der Waals surface area contributed by atoms with Gasteiger partial charge in [0.25, 0.3) is 0 Å². The van der Waals surface area contributed by atoms with E-state index >= 15 is 0 Å². The topological polar surface area (TPSA) is 71.2 Å². The van der Waals surface area contributed by atoms with Crippen LogP contribution in [0.2, 0.25) is 0 Å². The van der Waals surface area contributed by atoms with Gasteiger partial charge in [-0.1, -0.05) is 5.16 Å². The number of phenols is 1. The van der Waals surface area contributed by atoms with Crippen molar-refractivity contribution in [2.24, 2.45) is 0 Å². The number of nitrogens with zero attached hydrogens (tertiary/aromatic N) is 2. The van der Waals surface area contributed by atoms with E-state index < -0.39 is 0 Å². The van der Waals surface area contributed by atoms with Crippen LogP contribution in [0.1, 0.15) is 11.4 Å². The summed E-state index contributed by atoms with van der Waals surface area (Å²) in [4.78, 5) is 3.93. The van der Waals surface area contributed by atoms with Crippen molar-refractivity contribution in [1.82, 2.24) is 15.5 Å². The maximum absolute atomic E-state index is 9.59. The number of rotatable bonds is 5. The van der Waals surface area contributed by atoms with Gasteiger partial charge in [0.1, 0.15) is 5.75 Å². The SMILES string of the molecule is Oc1c(Br)cc(CNCCc2ncon2)cc1Br. The highest BCUT2D eigenvalue weighted by Gasteiger charge is 2.05. The lowest BCUT2D eigenvalue weighted by Crippen LogP contribution is -2.17. The lowest BCUT2D eigenvalue weighted by molar-refractivity contribution is 0.409. The van der Waals surface area contributed by atoms with Crippen molar-refractivity contribution >= 4 is 31.9 Å². The molecule has 2 aromatic rings. The molecule has 5 nitrogen and oxygen atoms in total. The molecule has 1 heterocycles. The van der Waals surface area contributed by atoms with Crippen LogP contribution in [0.5, 0.6) is 5.75 Å². The molecule has 0 bridgehead atoms. The molecule has 0 saturated heterocycles. The van der Waals surface area contributed by atoms with Crippen molar-refractivity contribution in [3.8, 4) is 5.75 Å². The Hall–Kier alpha value is -0.920. The minimum Gasteiger partial charge on any atom is -0.506 e. The number of nitrogens with one attached hydrogen (secondary N) is 1. The highest BCUT2D eigenvalue weighted by atomic mass is 79.9. The summed E-state index contributed by atoms with van der Waals surface area (Å²) in [6.45, 7) is 1.46. The Balaban J connectivity index is 1.83. The van der Waals surface area contributed by atoms with E-state index in [0.717, 1.165) is 18.5 Å². The van der Waals surface area contributed by atoms with Crippen molar-refractivity contribution in [3.63, 3.8) is 0 Å². The molecule has 0 saturated carbocycles. The third-order valence-electron chi connectivity index (χ3n) is 2.34. The van der Waals surface area contributed by atoms with Gasteiger partial charge in [-0.3, -0.25) is 0 Å². The molecule has 96 valence electrons. The predicted molar refractivity (Wildman–Crippen MR) is 73.2 cm³/mol. The Labute approximate surface area is 121 Å². The molecule has 1 aromatic carbocycles. The Morgan fingerprint density at radius 3 is 2.61 bits per heavy atom. The molecule has 2 N–H and O–H groups in total. The molecule has 7 heteroatoms. The van der Waals surface area contributed by atoms with Crippen molar-refractivity contribution in [1.29, 1.82) is 0 Å². The fourth-order valence-corrected chi connectivity index (χ4v) is 2.74. The normalized spacial score (nSPS) is 10.8. The number of halogens is 2. The molecule has 0 atom stereocenters. The van der Waals surface area contributed by atoms with Gasteiger partial charge in [0.15, 0.2) is 5.82 Å². The second-order valence-electron chi connectivity index (χ2n) is 3.68. The molecule has 0 aliphatic rings. The maximum Gasteiger partial charge on any atom is 0.213 e. The number of aromatic hydroxyl groups is 1. The van der Waals surface area contributed by atoms with Gasteiger partial charge in [0, 0.05) is 19.5 Å². The first-order valence-corrected chi connectivity index (χ1v) is 6.88. The van der Waals surface area contributed by atoms with Crippen LogP contribution >= 0.6 is 31.9 Å². The second-order valence-corrected chi connectivity index (χ2v) is 5.39. The van der Waals surface area contributed by atoms with Crippen LogP contribution in [0, 0.1) is 0 Å². The number of hydrogen-bond acceptors (Lipinski definition) is 5. The van der Waals surface area contributed by atoms with Crippen molar-refractivity contribution in [2.75, 3.05) is 6.54 Å². The number of benzene rings is 1. The predicted octanol–water partition coefficient (Wildman–Crippen LogP) is 2.63. The molecular weight excluding hydrogens is 366 g/mol. The average molecular weight is 377 g/mol. The fourth-order valence-electron chi connectivity index (χ4n) is 1.46. The van der Waals surface area contributed by atoms with Crippen molar-refractivity contribution in [2.45, 2.75) is 13.0 Å². The van der Waals surface area contributed by atoms with E-state index in [4.69, 9.17) is 0 Å². The average Bonchev–Trinajstić information content (AvgIpc) is 2.84. The summed E-state index contributed by atoms with van der Waals surface area (Å²) in [6, 6.07) is 3.75. The summed E-state index contributed by atoms with van der Waals surface area (Å²) in [6.07, 6.45) is 2.04. The summed E-state index contributed by atoms with van der Waals surface area (Å²) in [7, 11) is 0. The standard InChI is InChI=1S/C11H11Br2N3O2/c12-8-3-7(4-9(13)11(8)17)5-14-2-1-10-15-6-18-16-10/h3-4,6,14,17H,1-2,5H2. The van der Waals surface area contributed by atoms with Crippen LogP contribution in [0.3, 0.4) is 0 Å². The first-order chi connectivity index (χ1) is 8.66. The van der Waals surface area contributed by atoms with Gasteiger partial charge in [-0.2, -0.15) is 4.98 Å². The molecule has 0 amide bonds. The zero-order chi connectivity index (χ0) is 13.0. The zero-order valence-corrected chi connectivity index (χ0v) is 12.5. The van der Waals surface area contributed by atoms with Gasteiger partial charge < -0.3 is 14.9 Å². The Morgan fingerprint density at radius 2 is 2.00 bits per heavy atom. The smallest absolute Gasteiger partial charge is 0.213 e. The Morgan fingerprint density at radius 1 is 1.28 bits per heavy atom. The molecule has 0 aliphatic carbocycles. The highest BCUT2D eigenvalue weighted by Crippen LogP contribution is 2.33. The molecule has 2 rings (SSSR count). The number of phenolic OH excluding ortho intramolecular Hbond substituents is 1. The molecule has 1 aromatic heterocycles. The molecule has 0 fully saturated rings. The van der Waals surface area contributed by atoms with E-state index in [2.05, 4.69) is 51.8 Å². The van der Waals surface area contributed by atoms with Crippen LogP contribution in [0.25, 0.3) is 0 Å².